The fraction of sp³-hybridized carbons (Fsp3) is 0.700. The van der Waals surface area contributed by atoms with Crippen molar-refractivity contribution in [2.45, 2.75) is 32.9 Å². The first-order valence-corrected chi connectivity index (χ1v) is 5.96. The SMILES string of the molecule is Cc1csc(N2C[C@@H](C)N[C@@H](C)C2)n1. The lowest BCUT2D eigenvalue weighted by atomic mass is 10.2. The molecule has 3 nitrogen and oxygen atoms in total. The molecule has 1 aromatic rings. The van der Waals surface area contributed by atoms with Crippen LogP contribution in [0.1, 0.15) is 19.5 Å². The highest BCUT2D eigenvalue weighted by molar-refractivity contribution is 7.13. The van der Waals surface area contributed by atoms with E-state index in [0.717, 1.165) is 18.8 Å². The zero-order valence-electron chi connectivity index (χ0n) is 8.95. The molecule has 2 rings (SSSR count). The second kappa shape index (κ2) is 3.87. The van der Waals surface area contributed by atoms with E-state index in [9.17, 15) is 0 Å². The molecule has 1 saturated heterocycles. The third-order valence-corrected chi connectivity index (χ3v) is 3.45. The van der Waals surface area contributed by atoms with Gasteiger partial charge in [-0.1, -0.05) is 0 Å². The summed E-state index contributed by atoms with van der Waals surface area (Å²) in [5.74, 6) is 0. The lowest BCUT2D eigenvalue weighted by Gasteiger charge is -2.35. The number of piperazine rings is 1. The van der Waals surface area contributed by atoms with Gasteiger partial charge in [0, 0.05) is 30.6 Å². The summed E-state index contributed by atoms with van der Waals surface area (Å²) in [7, 11) is 0. The molecular formula is C10H17N3S. The lowest BCUT2D eigenvalue weighted by molar-refractivity contribution is 0.406. The van der Waals surface area contributed by atoms with Gasteiger partial charge in [0.25, 0.3) is 0 Å². The van der Waals surface area contributed by atoms with Crippen LogP contribution in [0.15, 0.2) is 5.38 Å². The maximum atomic E-state index is 4.52. The monoisotopic (exact) mass is 211 g/mol. The predicted octanol–water partition coefficient (Wildman–Crippen LogP) is 1.64. The van der Waals surface area contributed by atoms with E-state index in [2.05, 4.69) is 41.4 Å². The Morgan fingerprint density at radius 3 is 2.57 bits per heavy atom. The zero-order valence-corrected chi connectivity index (χ0v) is 9.77. The second-order valence-corrected chi connectivity index (χ2v) is 4.98. The molecule has 78 valence electrons. The number of hydrogen-bond donors (Lipinski definition) is 1. The van der Waals surface area contributed by atoms with Gasteiger partial charge in [-0.2, -0.15) is 0 Å². The van der Waals surface area contributed by atoms with Crippen LogP contribution in [0.4, 0.5) is 5.13 Å². The summed E-state index contributed by atoms with van der Waals surface area (Å²) in [5.41, 5.74) is 1.13. The number of nitrogens with zero attached hydrogens (tertiary/aromatic N) is 2. The minimum absolute atomic E-state index is 0.558. The average molecular weight is 211 g/mol. The molecule has 4 heteroatoms. The van der Waals surface area contributed by atoms with E-state index in [1.165, 1.54) is 5.13 Å². The van der Waals surface area contributed by atoms with Crippen molar-refractivity contribution in [1.82, 2.24) is 10.3 Å². The Morgan fingerprint density at radius 1 is 1.43 bits per heavy atom. The zero-order chi connectivity index (χ0) is 10.1. The van der Waals surface area contributed by atoms with Crippen molar-refractivity contribution in [2.75, 3.05) is 18.0 Å². The standard InChI is InChI=1S/C10H17N3S/c1-7-4-13(5-8(2)11-7)10-12-9(3)6-14-10/h6-8,11H,4-5H2,1-3H3/t7-,8+. The summed E-state index contributed by atoms with van der Waals surface area (Å²) in [6, 6.07) is 1.12. The molecule has 0 aliphatic carbocycles. The van der Waals surface area contributed by atoms with E-state index in [1.807, 2.05) is 0 Å². The molecule has 1 aliphatic heterocycles. The van der Waals surface area contributed by atoms with Crippen LogP contribution in [0, 0.1) is 6.92 Å². The first kappa shape index (κ1) is 9.93. The highest BCUT2D eigenvalue weighted by atomic mass is 32.1. The Balaban J connectivity index is 2.10. The lowest BCUT2D eigenvalue weighted by Crippen LogP contribution is -2.54. The minimum Gasteiger partial charge on any atom is -0.345 e. The Kier molecular flexibility index (Phi) is 2.74. The molecule has 2 atom stereocenters. The molecule has 0 radical (unpaired) electrons. The summed E-state index contributed by atoms with van der Waals surface area (Å²) < 4.78 is 0. The molecular weight excluding hydrogens is 194 g/mol. The molecule has 0 amide bonds. The fourth-order valence-electron chi connectivity index (χ4n) is 1.97. The molecule has 14 heavy (non-hydrogen) atoms. The van der Waals surface area contributed by atoms with E-state index in [1.54, 1.807) is 11.3 Å². The number of aryl methyl sites for hydroxylation is 1. The van der Waals surface area contributed by atoms with Crippen molar-refractivity contribution in [3.05, 3.63) is 11.1 Å². The molecule has 1 fully saturated rings. The average Bonchev–Trinajstić information content (AvgIpc) is 2.50. The van der Waals surface area contributed by atoms with Crippen molar-refractivity contribution >= 4 is 16.5 Å². The van der Waals surface area contributed by atoms with Crippen molar-refractivity contribution < 1.29 is 0 Å². The summed E-state index contributed by atoms with van der Waals surface area (Å²) in [6.07, 6.45) is 0. The number of anilines is 1. The van der Waals surface area contributed by atoms with Gasteiger partial charge in [0.05, 0.1) is 5.69 Å². The van der Waals surface area contributed by atoms with E-state index >= 15 is 0 Å². The molecule has 1 N–H and O–H groups in total. The van der Waals surface area contributed by atoms with Gasteiger partial charge < -0.3 is 10.2 Å². The van der Waals surface area contributed by atoms with Gasteiger partial charge in [-0.25, -0.2) is 4.98 Å². The molecule has 0 aromatic carbocycles. The van der Waals surface area contributed by atoms with E-state index < -0.39 is 0 Å². The van der Waals surface area contributed by atoms with Crippen molar-refractivity contribution in [1.29, 1.82) is 0 Å². The van der Waals surface area contributed by atoms with Crippen LogP contribution in [-0.4, -0.2) is 30.2 Å². The third kappa shape index (κ3) is 2.07. The molecule has 1 aromatic heterocycles. The van der Waals surface area contributed by atoms with E-state index in [4.69, 9.17) is 0 Å². The first-order chi connectivity index (χ1) is 6.65. The van der Waals surface area contributed by atoms with E-state index in [-0.39, 0.29) is 0 Å². The quantitative estimate of drug-likeness (QED) is 0.765. The van der Waals surface area contributed by atoms with Gasteiger partial charge in [-0.05, 0) is 20.8 Å². The van der Waals surface area contributed by atoms with Gasteiger partial charge in [-0.15, -0.1) is 11.3 Å². The Morgan fingerprint density at radius 2 is 2.07 bits per heavy atom. The predicted molar refractivity (Wildman–Crippen MR) is 61.1 cm³/mol. The molecule has 0 unspecified atom stereocenters. The fourth-order valence-corrected chi connectivity index (χ4v) is 2.79. The van der Waals surface area contributed by atoms with Gasteiger partial charge in [0.2, 0.25) is 0 Å². The highest BCUT2D eigenvalue weighted by Crippen LogP contribution is 2.22. The highest BCUT2D eigenvalue weighted by Gasteiger charge is 2.22. The van der Waals surface area contributed by atoms with E-state index in [0.29, 0.717) is 12.1 Å². The topological polar surface area (TPSA) is 28.2 Å². The van der Waals surface area contributed by atoms with Crippen LogP contribution in [0.5, 0.6) is 0 Å². The molecule has 0 saturated carbocycles. The van der Waals surface area contributed by atoms with Crippen LogP contribution in [-0.2, 0) is 0 Å². The number of hydrogen-bond acceptors (Lipinski definition) is 4. The van der Waals surface area contributed by atoms with Crippen LogP contribution in [0.3, 0.4) is 0 Å². The van der Waals surface area contributed by atoms with Crippen LogP contribution in [0.2, 0.25) is 0 Å². The number of nitrogens with one attached hydrogen (secondary N) is 1. The van der Waals surface area contributed by atoms with Gasteiger partial charge in [-0.3, -0.25) is 0 Å². The molecule has 0 bridgehead atoms. The Bertz CT molecular complexity index is 300. The first-order valence-electron chi connectivity index (χ1n) is 5.08. The number of rotatable bonds is 1. The summed E-state index contributed by atoms with van der Waals surface area (Å²) in [4.78, 5) is 6.90. The third-order valence-electron chi connectivity index (χ3n) is 2.43. The summed E-state index contributed by atoms with van der Waals surface area (Å²) in [5, 5.41) is 6.81. The maximum Gasteiger partial charge on any atom is 0.185 e. The molecule has 0 spiro atoms. The summed E-state index contributed by atoms with van der Waals surface area (Å²) >= 11 is 1.75. The van der Waals surface area contributed by atoms with Gasteiger partial charge >= 0.3 is 0 Å². The van der Waals surface area contributed by atoms with Crippen LogP contribution in [0.25, 0.3) is 0 Å². The van der Waals surface area contributed by atoms with Gasteiger partial charge in [0.1, 0.15) is 0 Å². The van der Waals surface area contributed by atoms with Crippen LogP contribution < -0.4 is 10.2 Å². The molecule has 1 aliphatic rings. The minimum atomic E-state index is 0.558. The Hall–Kier alpha value is -0.610. The van der Waals surface area contributed by atoms with Crippen LogP contribution >= 0.6 is 11.3 Å². The maximum absolute atomic E-state index is 4.52. The Labute approximate surface area is 89.1 Å². The second-order valence-electron chi connectivity index (χ2n) is 4.15. The largest absolute Gasteiger partial charge is 0.345 e. The van der Waals surface area contributed by atoms with Gasteiger partial charge in [0.15, 0.2) is 5.13 Å². The number of thiazole rings is 1. The smallest absolute Gasteiger partial charge is 0.185 e. The normalized spacial score (nSPS) is 28.1. The summed E-state index contributed by atoms with van der Waals surface area (Å²) in [6.45, 7) is 8.63. The molecule has 2 heterocycles. The van der Waals surface area contributed by atoms with Crippen molar-refractivity contribution in [3.8, 4) is 0 Å². The van der Waals surface area contributed by atoms with Crippen molar-refractivity contribution in [3.63, 3.8) is 0 Å². The van der Waals surface area contributed by atoms with Crippen molar-refractivity contribution in [2.24, 2.45) is 0 Å². The number of aromatic nitrogens is 1.